The summed E-state index contributed by atoms with van der Waals surface area (Å²) in [4.78, 5) is 38.9. The molecule has 172 valence electrons. The molecule has 3 amide bonds. The third-order valence-electron chi connectivity index (χ3n) is 5.17. The van der Waals surface area contributed by atoms with Crippen molar-refractivity contribution in [1.82, 2.24) is 10.2 Å². The van der Waals surface area contributed by atoms with Crippen LogP contribution in [-0.4, -0.2) is 42.3 Å². The van der Waals surface area contributed by atoms with E-state index in [1.807, 2.05) is 62.4 Å². The maximum atomic E-state index is 12.9. The van der Waals surface area contributed by atoms with Crippen LogP contribution >= 0.6 is 0 Å². The molecule has 0 bridgehead atoms. The van der Waals surface area contributed by atoms with Crippen molar-refractivity contribution in [2.24, 2.45) is 0 Å². The zero-order chi connectivity index (χ0) is 23.3. The molecule has 0 spiro atoms. The predicted molar refractivity (Wildman–Crippen MR) is 129 cm³/mol. The second-order valence-corrected chi connectivity index (χ2v) is 8.07. The van der Waals surface area contributed by atoms with Crippen molar-refractivity contribution in [2.45, 2.75) is 52.9 Å². The average Bonchev–Trinajstić information content (AvgIpc) is 2.79. The third kappa shape index (κ3) is 8.53. The van der Waals surface area contributed by atoms with Gasteiger partial charge in [0.1, 0.15) is 0 Å². The topological polar surface area (TPSA) is 78.5 Å². The molecule has 0 saturated heterocycles. The van der Waals surface area contributed by atoms with Crippen LogP contribution < -0.4 is 10.6 Å². The maximum Gasteiger partial charge on any atom is 0.254 e. The molecule has 0 heterocycles. The minimum absolute atomic E-state index is 0.0806. The van der Waals surface area contributed by atoms with E-state index < -0.39 is 0 Å². The fourth-order valence-electron chi connectivity index (χ4n) is 3.35. The number of nitrogens with one attached hydrogen (secondary N) is 2. The monoisotopic (exact) mass is 437 g/mol. The number of hydrogen-bond donors (Lipinski definition) is 2. The van der Waals surface area contributed by atoms with Crippen molar-refractivity contribution < 1.29 is 14.4 Å². The Morgan fingerprint density at radius 2 is 1.53 bits per heavy atom. The van der Waals surface area contributed by atoms with E-state index in [9.17, 15) is 14.4 Å². The summed E-state index contributed by atoms with van der Waals surface area (Å²) in [5.41, 5.74) is 3.57. The van der Waals surface area contributed by atoms with Crippen molar-refractivity contribution >= 4 is 23.4 Å². The van der Waals surface area contributed by atoms with Gasteiger partial charge in [0.25, 0.3) is 5.91 Å². The number of hydrogen-bond acceptors (Lipinski definition) is 3. The van der Waals surface area contributed by atoms with Gasteiger partial charge in [-0.15, -0.1) is 0 Å². The van der Waals surface area contributed by atoms with Gasteiger partial charge in [-0.05, 0) is 56.0 Å². The van der Waals surface area contributed by atoms with E-state index >= 15 is 0 Å². The minimum atomic E-state index is -0.359. The van der Waals surface area contributed by atoms with Crippen LogP contribution in [0.25, 0.3) is 0 Å². The number of unbranched alkanes of at least 4 members (excludes halogenated alkanes) is 2. The first-order chi connectivity index (χ1) is 15.4. The molecule has 2 aromatic rings. The van der Waals surface area contributed by atoms with Crippen molar-refractivity contribution in [3.05, 3.63) is 65.2 Å². The molecule has 0 unspecified atom stereocenters. The van der Waals surface area contributed by atoms with E-state index in [0.29, 0.717) is 17.8 Å². The lowest BCUT2D eigenvalue weighted by molar-refractivity contribution is -0.124. The normalized spacial score (nSPS) is 10.5. The van der Waals surface area contributed by atoms with Gasteiger partial charge in [0, 0.05) is 17.8 Å². The molecule has 0 radical (unpaired) electrons. The molecule has 0 atom stereocenters. The molecule has 32 heavy (non-hydrogen) atoms. The largest absolute Gasteiger partial charge is 0.345 e. The van der Waals surface area contributed by atoms with E-state index in [0.717, 1.165) is 24.8 Å². The molecule has 0 fully saturated rings. The first kappa shape index (κ1) is 25.1. The van der Waals surface area contributed by atoms with Crippen LogP contribution in [0.4, 0.5) is 5.69 Å². The van der Waals surface area contributed by atoms with Crippen molar-refractivity contribution in [1.29, 1.82) is 0 Å². The third-order valence-corrected chi connectivity index (χ3v) is 5.17. The number of benzene rings is 2. The van der Waals surface area contributed by atoms with Gasteiger partial charge in [-0.3, -0.25) is 14.4 Å². The van der Waals surface area contributed by atoms with Gasteiger partial charge in [-0.1, -0.05) is 56.5 Å². The molecular formula is C26H35N3O3. The number of aryl methyl sites for hydroxylation is 2. The minimum Gasteiger partial charge on any atom is -0.345 e. The Balaban J connectivity index is 1.86. The Morgan fingerprint density at radius 1 is 0.844 bits per heavy atom. The summed E-state index contributed by atoms with van der Waals surface area (Å²) in [6, 6.07) is 15.1. The first-order valence-electron chi connectivity index (χ1n) is 11.4. The fourth-order valence-corrected chi connectivity index (χ4v) is 3.35. The molecule has 6 nitrogen and oxygen atoms in total. The fraction of sp³-hybridized carbons (Fsp3) is 0.423. The van der Waals surface area contributed by atoms with Crippen LogP contribution in [0, 0.1) is 6.92 Å². The number of amides is 3. The van der Waals surface area contributed by atoms with E-state index in [1.165, 1.54) is 23.3 Å². The highest BCUT2D eigenvalue weighted by Gasteiger charge is 2.18. The van der Waals surface area contributed by atoms with Crippen LogP contribution in [0.5, 0.6) is 0 Å². The molecule has 2 aromatic carbocycles. The van der Waals surface area contributed by atoms with E-state index in [4.69, 9.17) is 0 Å². The lowest BCUT2D eigenvalue weighted by Crippen LogP contribution is -2.43. The smallest absolute Gasteiger partial charge is 0.254 e. The highest BCUT2D eigenvalue weighted by atomic mass is 16.2. The Morgan fingerprint density at radius 3 is 2.16 bits per heavy atom. The number of anilines is 1. The Kier molecular flexibility index (Phi) is 10.4. The summed E-state index contributed by atoms with van der Waals surface area (Å²) >= 11 is 0. The van der Waals surface area contributed by atoms with Crippen LogP contribution in [0.1, 0.15) is 61.0 Å². The lowest BCUT2D eigenvalue weighted by Gasteiger charge is -2.22. The van der Waals surface area contributed by atoms with E-state index in [2.05, 4.69) is 17.6 Å². The molecule has 2 N–H and O–H groups in total. The summed E-state index contributed by atoms with van der Waals surface area (Å²) in [7, 11) is 0. The number of nitrogens with zero attached hydrogens (tertiary/aromatic N) is 1. The van der Waals surface area contributed by atoms with Crippen LogP contribution in [0.15, 0.2) is 48.5 Å². The first-order valence-corrected chi connectivity index (χ1v) is 11.4. The highest BCUT2D eigenvalue weighted by molar-refractivity contribution is 5.98. The average molecular weight is 438 g/mol. The van der Waals surface area contributed by atoms with Gasteiger partial charge < -0.3 is 15.5 Å². The van der Waals surface area contributed by atoms with Gasteiger partial charge in [0.2, 0.25) is 11.8 Å². The Bertz CT molecular complexity index is 876. The van der Waals surface area contributed by atoms with Crippen molar-refractivity contribution in [3.8, 4) is 0 Å². The zero-order valence-corrected chi connectivity index (χ0v) is 19.4. The number of carbonyl (C=O) groups is 3. The Hall–Kier alpha value is -3.15. The quantitative estimate of drug-likeness (QED) is 0.485. The van der Waals surface area contributed by atoms with Crippen molar-refractivity contribution in [2.75, 3.05) is 25.0 Å². The van der Waals surface area contributed by atoms with Gasteiger partial charge in [-0.2, -0.15) is 0 Å². The summed E-state index contributed by atoms with van der Waals surface area (Å²) in [5.74, 6) is -0.845. The second-order valence-electron chi connectivity index (χ2n) is 8.07. The molecule has 6 heteroatoms. The van der Waals surface area contributed by atoms with Crippen LogP contribution in [0.2, 0.25) is 0 Å². The summed E-state index contributed by atoms with van der Waals surface area (Å²) < 4.78 is 0. The van der Waals surface area contributed by atoms with E-state index in [-0.39, 0.29) is 30.8 Å². The second kappa shape index (κ2) is 13.3. The van der Waals surface area contributed by atoms with Crippen LogP contribution in [0.3, 0.4) is 0 Å². The van der Waals surface area contributed by atoms with Crippen LogP contribution in [-0.2, 0) is 16.0 Å². The maximum absolute atomic E-state index is 12.9. The molecule has 0 aliphatic rings. The molecule has 2 rings (SSSR count). The SMILES string of the molecule is CCCCCc1ccc(C(=O)N(CCC)CC(=O)NCC(=O)Nc2ccc(C)cc2)cc1. The summed E-state index contributed by atoms with van der Waals surface area (Å²) in [6.45, 7) is 6.36. The van der Waals surface area contributed by atoms with Gasteiger partial charge >= 0.3 is 0 Å². The molecule has 0 aliphatic carbocycles. The number of rotatable bonds is 12. The molecule has 0 aromatic heterocycles. The Labute approximate surface area is 191 Å². The lowest BCUT2D eigenvalue weighted by atomic mass is 10.0. The van der Waals surface area contributed by atoms with Crippen molar-refractivity contribution in [3.63, 3.8) is 0 Å². The summed E-state index contributed by atoms with van der Waals surface area (Å²) in [5, 5.41) is 5.34. The zero-order valence-electron chi connectivity index (χ0n) is 19.4. The molecule has 0 aliphatic heterocycles. The predicted octanol–water partition coefficient (Wildman–Crippen LogP) is 4.33. The molecular weight excluding hydrogens is 402 g/mol. The molecule has 0 saturated carbocycles. The highest BCUT2D eigenvalue weighted by Crippen LogP contribution is 2.12. The van der Waals surface area contributed by atoms with Gasteiger partial charge in [-0.25, -0.2) is 0 Å². The van der Waals surface area contributed by atoms with E-state index in [1.54, 1.807) is 0 Å². The van der Waals surface area contributed by atoms with Gasteiger partial charge in [0.05, 0.1) is 13.1 Å². The summed E-state index contributed by atoms with van der Waals surface area (Å²) in [6.07, 6.45) is 5.26. The van der Waals surface area contributed by atoms with Gasteiger partial charge in [0.15, 0.2) is 0 Å². The number of carbonyl (C=O) groups excluding carboxylic acids is 3. The standard InChI is InChI=1S/C26H35N3O3/c1-4-6-7-8-21-11-13-22(14-12-21)26(32)29(17-5-2)19-25(31)27-18-24(30)28-23-15-9-20(3)10-16-23/h9-16H,4-8,17-19H2,1-3H3,(H,27,31)(H,28,30).